The molecule has 0 fully saturated rings. The number of rotatable bonds is 4. The van der Waals surface area contributed by atoms with Crippen molar-refractivity contribution in [1.82, 2.24) is 4.98 Å². The largest absolute Gasteiger partial charge is 0.493 e. The second kappa shape index (κ2) is 6.56. The topological polar surface area (TPSA) is 77.6 Å². The molecule has 1 aromatic heterocycles. The normalized spacial score (nSPS) is 10.1. The minimum atomic E-state index is -0.0795. The van der Waals surface area contributed by atoms with Crippen LogP contribution in [-0.2, 0) is 13.2 Å². The molecular formula is C13H17ClN2O3. The van der Waals surface area contributed by atoms with Gasteiger partial charge in [0.1, 0.15) is 0 Å². The van der Waals surface area contributed by atoms with Gasteiger partial charge >= 0.3 is 0 Å². The Balaban J connectivity index is 0.00000180. The van der Waals surface area contributed by atoms with E-state index >= 15 is 0 Å². The van der Waals surface area contributed by atoms with Crippen LogP contribution in [0.5, 0.6) is 11.5 Å². The van der Waals surface area contributed by atoms with Gasteiger partial charge in [-0.3, -0.25) is 4.98 Å². The van der Waals surface area contributed by atoms with E-state index in [1.54, 1.807) is 20.4 Å². The summed E-state index contributed by atoms with van der Waals surface area (Å²) in [6.45, 7) is 0.252. The maximum absolute atomic E-state index is 9.35. The van der Waals surface area contributed by atoms with Crippen LogP contribution in [0.25, 0.3) is 10.8 Å². The first-order valence-corrected chi connectivity index (χ1v) is 5.58. The lowest BCUT2D eigenvalue weighted by molar-refractivity contribution is 0.283. The summed E-state index contributed by atoms with van der Waals surface area (Å²) in [6, 6.07) is 3.67. The third kappa shape index (κ3) is 2.73. The molecule has 19 heavy (non-hydrogen) atoms. The predicted molar refractivity (Wildman–Crippen MR) is 75.9 cm³/mol. The molecule has 104 valence electrons. The Morgan fingerprint density at radius 1 is 1.16 bits per heavy atom. The fraction of sp³-hybridized carbons (Fsp3) is 0.308. The number of aromatic nitrogens is 1. The Hall–Kier alpha value is -1.56. The number of fused-ring (bicyclic) bond motifs is 1. The lowest BCUT2D eigenvalue weighted by Crippen LogP contribution is -2.03. The molecule has 1 heterocycles. The van der Waals surface area contributed by atoms with Crippen molar-refractivity contribution in [3.05, 3.63) is 29.6 Å². The average Bonchev–Trinajstić information content (AvgIpc) is 2.44. The van der Waals surface area contributed by atoms with Crippen LogP contribution >= 0.6 is 12.4 Å². The molecule has 6 heteroatoms. The zero-order chi connectivity index (χ0) is 13.1. The minimum absolute atomic E-state index is 0. The Morgan fingerprint density at radius 2 is 1.74 bits per heavy atom. The zero-order valence-electron chi connectivity index (χ0n) is 10.8. The number of nitrogens with zero attached hydrogens (tertiary/aromatic N) is 1. The van der Waals surface area contributed by atoms with Crippen LogP contribution in [0.3, 0.4) is 0 Å². The van der Waals surface area contributed by atoms with Gasteiger partial charge in [-0.15, -0.1) is 12.4 Å². The number of nitrogens with two attached hydrogens (primary N) is 1. The van der Waals surface area contributed by atoms with E-state index in [0.29, 0.717) is 18.0 Å². The van der Waals surface area contributed by atoms with Crippen molar-refractivity contribution in [3.63, 3.8) is 0 Å². The summed E-state index contributed by atoms with van der Waals surface area (Å²) in [4.78, 5) is 4.25. The molecule has 0 aliphatic heterocycles. The summed E-state index contributed by atoms with van der Waals surface area (Å²) in [5.41, 5.74) is 7.18. The third-order valence-corrected chi connectivity index (χ3v) is 2.92. The van der Waals surface area contributed by atoms with E-state index in [1.807, 2.05) is 12.1 Å². The lowest BCUT2D eigenvalue weighted by atomic mass is 10.0. The fourth-order valence-corrected chi connectivity index (χ4v) is 1.97. The van der Waals surface area contributed by atoms with Crippen molar-refractivity contribution in [3.8, 4) is 11.5 Å². The molecule has 0 saturated heterocycles. The maximum atomic E-state index is 9.35. The van der Waals surface area contributed by atoms with E-state index in [9.17, 15) is 5.11 Å². The Morgan fingerprint density at radius 3 is 2.21 bits per heavy atom. The molecule has 0 unspecified atom stereocenters. The minimum Gasteiger partial charge on any atom is -0.493 e. The fourth-order valence-electron chi connectivity index (χ4n) is 1.97. The average molecular weight is 285 g/mol. The highest BCUT2D eigenvalue weighted by atomic mass is 35.5. The highest BCUT2D eigenvalue weighted by Gasteiger charge is 2.12. The van der Waals surface area contributed by atoms with Crippen LogP contribution in [0.15, 0.2) is 18.3 Å². The van der Waals surface area contributed by atoms with E-state index in [2.05, 4.69) is 4.98 Å². The quantitative estimate of drug-likeness (QED) is 0.892. The molecule has 0 aliphatic carbocycles. The molecule has 1 aromatic carbocycles. The van der Waals surface area contributed by atoms with Crippen LogP contribution in [0.4, 0.5) is 0 Å². The number of halogens is 1. The van der Waals surface area contributed by atoms with Crippen LogP contribution in [0.1, 0.15) is 11.3 Å². The lowest BCUT2D eigenvalue weighted by Gasteiger charge is -2.13. The highest BCUT2D eigenvalue weighted by Crippen LogP contribution is 2.34. The van der Waals surface area contributed by atoms with Gasteiger partial charge in [0.2, 0.25) is 0 Å². The van der Waals surface area contributed by atoms with E-state index in [0.717, 1.165) is 22.0 Å². The van der Waals surface area contributed by atoms with Gasteiger partial charge in [0, 0.05) is 23.7 Å². The zero-order valence-corrected chi connectivity index (χ0v) is 11.7. The van der Waals surface area contributed by atoms with Crippen molar-refractivity contribution in [2.75, 3.05) is 14.2 Å². The van der Waals surface area contributed by atoms with E-state index in [1.165, 1.54) is 0 Å². The van der Waals surface area contributed by atoms with E-state index in [4.69, 9.17) is 15.2 Å². The van der Waals surface area contributed by atoms with Crippen molar-refractivity contribution < 1.29 is 14.6 Å². The predicted octanol–water partition coefficient (Wildman–Crippen LogP) is 1.62. The highest BCUT2D eigenvalue weighted by molar-refractivity contribution is 5.90. The van der Waals surface area contributed by atoms with Gasteiger partial charge in [0.25, 0.3) is 0 Å². The number of hydrogen-bond acceptors (Lipinski definition) is 5. The van der Waals surface area contributed by atoms with Crippen molar-refractivity contribution in [2.45, 2.75) is 13.2 Å². The van der Waals surface area contributed by atoms with Gasteiger partial charge in [-0.2, -0.15) is 0 Å². The molecule has 5 nitrogen and oxygen atoms in total. The molecule has 0 bridgehead atoms. The van der Waals surface area contributed by atoms with Crippen LogP contribution in [0, 0.1) is 0 Å². The summed E-state index contributed by atoms with van der Waals surface area (Å²) in [6.07, 6.45) is 1.64. The Labute approximate surface area is 117 Å². The standard InChI is InChI=1S/C13H16N2O3.ClH/c1-17-12-3-9-8(7-16)6-15-11(5-14)10(9)4-13(12)18-2;/h3-4,6,16H,5,7,14H2,1-2H3;1H. The van der Waals surface area contributed by atoms with E-state index < -0.39 is 0 Å². The molecule has 0 saturated carbocycles. The van der Waals surface area contributed by atoms with Crippen LogP contribution in [-0.4, -0.2) is 24.3 Å². The molecule has 0 aliphatic rings. The van der Waals surface area contributed by atoms with Crippen LogP contribution < -0.4 is 15.2 Å². The second-order valence-electron chi connectivity index (χ2n) is 3.85. The second-order valence-corrected chi connectivity index (χ2v) is 3.85. The molecule has 0 atom stereocenters. The van der Waals surface area contributed by atoms with Crippen LogP contribution in [0.2, 0.25) is 0 Å². The van der Waals surface area contributed by atoms with Gasteiger partial charge in [-0.1, -0.05) is 0 Å². The number of ether oxygens (including phenoxy) is 2. The Bertz CT molecular complexity index is 525. The molecule has 2 aromatic rings. The summed E-state index contributed by atoms with van der Waals surface area (Å²) in [7, 11) is 3.16. The molecule has 0 spiro atoms. The molecular weight excluding hydrogens is 268 g/mol. The molecule has 2 rings (SSSR count). The number of aliphatic hydroxyl groups is 1. The SMILES string of the molecule is COc1cc2c(CO)cnc(CN)c2cc1OC.Cl. The van der Waals surface area contributed by atoms with Gasteiger partial charge < -0.3 is 20.3 Å². The third-order valence-electron chi connectivity index (χ3n) is 2.92. The number of aliphatic hydroxyl groups excluding tert-OH is 1. The maximum Gasteiger partial charge on any atom is 0.161 e. The number of pyridine rings is 1. The Kier molecular flexibility index (Phi) is 5.35. The molecule has 3 N–H and O–H groups in total. The van der Waals surface area contributed by atoms with Gasteiger partial charge in [0.15, 0.2) is 11.5 Å². The van der Waals surface area contributed by atoms with Crippen molar-refractivity contribution in [1.29, 1.82) is 0 Å². The first-order valence-electron chi connectivity index (χ1n) is 5.58. The first kappa shape index (κ1) is 15.5. The van der Waals surface area contributed by atoms with Gasteiger partial charge in [-0.05, 0) is 17.5 Å². The summed E-state index contributed by atoms with van der Waals surface area (Å²) in [5.74, 6) is 1.24. The first-order chi connectivity index (χ1) is 8.74. The number of hydrogen-bond donors (Lipinski definition) is 2. The van der Waals surface area contributed by atoms with Crippen molar-refractivity contribution >= 4 is 23.2 Å². The summed E-state index contributed by atoms with van der Waals surface area (Å²) >= 11 is 0. The van der Waals surface area contributed by atoms with Gasteiger partial charge in [0.05, 0.1) is 26.5 Å². The monoisotopic (exact) mass is 284 g/mol. The number of methoxy groups -OCH3 is 2. The molecule has 0 radical (unpaired) electrons. The number of benzene rings is 1. The summed E-state index contributed by atoms with van der Waals surface area (Å²) < 4.78 is 10.5. The van der Waals surface area contributed by atoms with Gasteiger partial charge in [-0.25, -0.2) is 0 Å². The smallest absolute Gasteiger partial charge is 0.161 e. The summed E-state index contributed by atoms with van der Waals surface area (Å²) in [5, 5.41) is 11.1. The molecule has 0 amide bonds. The van der Waals surface area contributed by atoms with Crippen molar-refractivity contribution in [2.24, 2.45) is 5.73 Å². The van der Waals surface area contributed by atoms with E-state index in [-0.39, 0.29) is 19.0 Å².